The quantitative estimate of drug-likeness (QED) is 0.676. The lowest BCUT2D eigenvalue weighted by Gasteiger charge is -2.32. The Hall–Kier alpha value is -1.53. The SMILES string of the molecule is Cc1cnc(C(=O)N[C@@H]2CCC[C@@H](O)[C@@H]2O)cn1. The maximum absolute atomic E-state index is 11.9. The van der Waals surface area contributed by atoms with Gasteiger partial charge in [0.05, 0.1) is 30.1 Å². The van der Waals surface area contributed by atoms with E-state index in [1.807, 2.05) is 0 Å². The van der Waals surface area contributed by atoms with Crippen molar-refractivity contribution in [2.75, 3.05) is 0 Å². The van der Waals surface area contributed by atoms with Crippen LogP contribution in [0.4, 0.5) is 0 Å². The molecule has 1 saturated carbocycles. The highest BCUT2D eigenvalue weighted by atomic mass is 16.3. The average Bonchev–Trinajstić information content (AvgIpc) is 2.36. The van der Waals surface area contributed by atoms with Crippen molar-refractivity contribution < 1.29 is 15.0 Å². The first kappa shape index (κ1) is 12.9. The third-order valence-corrected chi connectivity index (χ3v) is 3.15. The third kappa shape index (κ3) is 2.83. The van der Waals surface area contributed by atoms with Gasteiger partial charge < -0.3 is 15.5 Å². The molecule has 2 rings (SSSR count). The molecule has 0 aromatic carbocycles. The van der Waals surface area contributed by atoms with Gasteiger partial charge in [0.25, 0.3) is 5.91 Å². The fraction of sp³-hybridized carbons (Fsp3) is 0.583. The standard InChI is InChI=1S/C12H17N3O3/c1-7-5-14-9(6-13-7)12(18)15-8-3-2-4-10(16)11(8)17/h5-6,8,10-11,16-17H,2-4H2,1H3,(H,15,18)/t8-,10-,11-/m1/s1. The molecule has 1 aromatic heterocycles. The van der Waals surface area contributed by atoms with Crippen LogP contribution in [0.3, 0.4) is 0 Å². The Labute approximate surface area is 105 Å². The number of amides is 1. The minimum atomic E-state index is -0.916. The van der Waals surface area contributed by atoms with Gasteiger partial charge in [-0.05, 0) is 26.2 Å². The van der Waals surface area contributed by atoms with Crippen molar-refractivity contribution in [2.24, 2.45) is 0 Å². The molecule has 1 amide bonds. The highest BCUT2D eigenvalue weighted by Crippen LogP contribution is 2.19. The molecular formula is C12H17N3O3. The molecule has 1 heterocycles. The lowest BCUT2D eigenvalue weighted by Crippen LogP contribution is -2.51. The van der Waals surface area contributed by atoms with Crippen molar-refractivity contribution in [3.05, 3.63) is 23.8 Å². The molecule has 18 heavy (non-hydrogen) atoms. The summed E-state index contributed by atoms with van der Waals surface area (Å²) in [6, 6.07) is -0.427. The maximum Gasteiger partial charge on any atom is 0.271 e. The fourth-order valence-electron chi connectivity index (χ4n) is 2.07. The van der Waals surface area contributed by atoms with Gasteiger partial charge in [0, 0.05) is 6.20 Å². The fourth-order valence-corrected chi connectivity index (χ4v) is 2.07. The van der Waals surface area contributed by atoms with Gasteiger partial charge in [-0.2, -0.15) is 0 Å². The molecule has 6 nitrogen and oxygen atoms in total. The lowest BCUT2D eigenvalue weighted by molar-refractivity contribution is -0.0278. The van der Waals surface area contributed by atoms with Crippen LogP contribution in [0.15, 0.2) is 12.4 Å². The number of carbonyl (C=O) groups excluding carboxylic acids is 1. The lowest BCUT2D eigenvalue weighted by atomic mass is 9.90. The van der Waals surface area contributed by atoms with E-state index < -0.39 is 18.2 Å². The van der Waals surface area contributed by atoms with Gasteiger partial charge in [0.1, 0.15) is 5.69 Å². The van der Waals surface area contributed by atoms with Crippen LogP contribution in [0.5, 0.6) is 0 Å². The van der Waals surface area contributed by atoms with Gasteiger partial charge in [-0.3, -0.25) is 9.78 Å². The van der Waals surface area contributed by atoms with Crippen LogP contribution in [0.1, 0.15) is 35.4 Å². The second-order valence-corrected chi connectivity index (χ2v) is 4.61. The van der Waals surface area contributed by atoms with E-state index in [2.05, 4.69) is 15.3 Å². The van der Waals surface area contributed by atoms with Gasteiger partial charge >= 0.3 is 0 Å². The first-order chi connectivity index (χ1) is 8.58. The van der Waals surface area contributed by atoms with Crippen LogP contribution >= 0.6 is 0 Å². The predicted octanol–water partition coefficient (Wildman–Crippen LogP) is -0.211. The maximum atomic E-state index is 11.9. The number of hydrogen-bond donors (Lipinski definition) is 3. The van der Waals surface area contributed by atoms with Crippen molar-refractivity contribution in [3.63, 3.8) is 0 Å². The molecule has 1 fully saturated rings. The average molecular weight is 251 g/mol. The smallest absolute Gasteiger partial charge is 0.271 e. The Bertz CT molecular complexity index is 421. The number of aliphatic hydroxyl groups excluding tert-OH is 2. The van der Waals surface area contributed by atoms with E-state index in [-0.39, 0.29) is 11.6 Å². The molecule has 1 aromatic rings. The van der Waals surface area contributed by atoms with Crippen molar-refractivity contribution in [3.8, 4) is 0 Å². The second kappa shape index (κ2) is 5.41. The molecular weight excluding hydrogens is 234 g/mol. The molecule has 1 aliphatic rings. The molecule has 1 aliphatic carbocycles. The molecule has 0 spiro atoms. The zero-order chi connectivity index (χ0) is 13.1. The van der Waals surface area contributed by atoms with E-state index in [9.17, 15) is 15.0 Å². The van der Waals surface area contributed by atoms with E-state index in [0.717, 1.165) is 12.1 Å². The Morgan fingerprint density at radius 3 is 2.78 bits per heavy atom. The van der Waals surface area contributed by atoms with Gasteiger partial charge in [0.2, 0.25) is 0 Å². The molecule has 6 heteroatoms. The Morgan fingerprint density at radius 1 is 1.33 bits per heavy atom. The molecule has 3 N–H and O–H groups in total. The largest absolute Gasteiger partial charge is 0.390 e. The molecule has 0 bridgehead atoms. The zero-order valence-corrected chi connectivity index (χ0v) is 10.2. The summed E-state index contributed by atoms with van der Waals surface area (Å²) in [5, 5.41) is 22.0. The van der Waals surface area contributed by atoms with Crippen LogP contribution in [0.2, 0.25) is 0 Å². The number of nitrogens with zero attached hydrogens (tertiary/aromatic N) is 2. The van der Waals surface area contributed by atoms with Crippen molar-refractivity contribution >= 4 is 5.91 Å². The summed E-state index contributed by atoms with van der Waals surface area (Å²) in [6.45, 7) is 1.79. The number of hydrogen-bond acceptors (Lipinski definition) is 5. The number of aliphatic hydroxyl groups is 2. The van der Waals surface area contributed by atoms with Gasteiger partial charge in [-0.1, -0.05) is 0 Å². The zero-order valence-electron chi connectivity index (χ0n) is 10.2. The first-order valence-corrected chi connectivity index (χ1v) is 6.03. The van der Waals surface area contributed by atoms with Crippen molar-refractivity contribution in [1.82, 2.24) is 15.3 Å². The second-order valence-electron chi connectivity index (χ2n) is 4.61. The summed E-state index contributed by atoms with van der Waals surface area (Å²) in [5.74, 6) is -0.374. The first-order valence-electron chi connectivity index (χ1n) is 6.03. The van der Waals surface area contributed by atoms with E-state index in [4.69, 9.17) is 0 Å². The normalized spacial score (nSPS) is 27.8. The summed E-state index contributed by atoms with van der Waals surface area (Å²) < 4.78 is 0. The van der Waals surface area contributed by atoms with Crippen LogP contribution in [-0.4, -0.2) is 44.3 Å². The van der Waals surface area contributed by atoms with Gasteiger partial charge in [-0.15, -0.1) is 0 Å². The Kier molecular flexibility index (Phi) is 3.88. The molecule has 3 atom stereocenters. The molecule has 0 radical (unpaired) electrons. The number of aryl methyl sites for hydroxylation is 1. The van der Waals surface area contributed by atoms with Crippen LogP contribution < -0.4 is 5.32 Å². The van der Waals surface area contributed by atoms with Crippen molar-refractivity contribution in [2.45, 2.75) is 44.4 Å². The summed E-state index contributed by atoms with van der Waals surface area (Å²) in [6.07, 6.45) is 3.23. The highest BCUT2D eigenvalue weighted by Gasteiger charge is 2.31. The summed E-state index contributed by atoms with van der Waals surface area (Å²) >= 11 is 0. The molecule has 0 saturated heterocycles. The molecule has 0 unspecified atom stereocenters. The Morgan fingerprint density at radius 2 is 2.11 bits per heavy atom. The summed E-state index contributed by atoms with van der Waals surface area (Å²) in [7, 11) is 0. The van der Waals surface area contributed by atoms with Gasteiger partial charge in [0.15, 0.2) is 0 Å². The summed E-state index contributed by atoms with van der Waals surface area (Å²) in [4.78, 5) is 19.8. The minimum absolute atomic E-state index is 0.216. The van der Waals surface area contributed by atoms with Crippen molar-refractivity contribution in [1.29, 1.82) is 0 Å². The van der Waals surface area contributed by atoms with E-state index >= 15 is 0 Å². The monoisotopic (exact) mass is 251 g/mol. The van der Waals surface area contributed by atoms with Crippen LogP contribution in [0.25, 0.3) is 0 Å². The number of carbonyl (C=O) groups is 1. The topological polar surface area (TPSA) is 95.3 Å². The van der Waals surface area contributed by atoms with E-state index in [1.165, 1.54) is 12.4 Å². The van der Waals surface area contributed by atoms with E-state index in [1.54, 1.807) is 6.92 Å². The van der Waals surface area contributed by atoms with Crippen LogP contribution in [-0.2, 0) is 0 Å². The highest BCUT2D eigenvalue weighted by molar-refractivity contribution is 5.92. The molecule has 0 aliphatic heterocycles. The predicted molar refractivity (Wildman–Crippen MR) is 63.9 cm³/mol. The number of aromatic nitrogens is 2. The minimum Gasteiger partial charge on any atom is -0.390 e. The summed E-state index contributed by atoms with van der Waals surface area (Å²) in [5.41, 5.74) is 0.951. The van der Waals surface area contributed by atoms with Crippen LogP contribution in [0, 0.1) is 6.92 Å². The Balaban J connectivity index is 2.00. The molecule has 98 valence electrons. The third-order valence-electron chi connectivity index (χ3n) is 3.15. The van der Waals surface area contributed by atoms with E-state index in [0.29, 0.717) is 12.8 Å². The number of nitrogens with one attached hydrogen (secondary N) is 1. The number of rotatable bonds is 2. The van der Waals surface area contributed by atoms with Gasteiger partial charge in [-0.25, -0.2) is 4.98 Å².